The van der Waals surface area contributed by atoms with Crippen molar-refractivity contribution in [1.29, 1.82) is 0 Å². The van der Waals surface area contributed by atoms with E-state index >= 15 is 0 Å². The molecule has 0 radical (unpaired) electrons. The van der Waals surface area contributed by atoms with Crippen molar-refractivity contribution in [1.82, 2.24) is 14.9 Å². The smallest absolute Gasteiger partial charge is 0.0931 e. The van der Waals surface area contributed by atoms with E-state index in [-0.39, 0.29) is 0 Å². The highest BCUT2D eigenvalue weighted by Gasteiger charge is 2.27. The molecule has 1 heterocycles. The van der Waals surface area contributed by atoms with Gasteiger partial charge in [0.2, 0.25) is 0 Å². The molecule has 4 nitrogen and oxygen atoms in total. The van der Waals surface area contributed by atoms with Crippen molar-refractivity contribution in [3.05, 3.63) is 30.1 Å². The number of nitrogens with two attached hydrogens (primary N) is 1. The molecule has 2 aromatic rings. The van der Waals surface area contributed by atoms with Crippen molar-refractivity contribution in [3.63, 3.8) is 0 Å². The fourth-order valence-electron chi connectivity index (χ4n) is 3.00. The maximum absolute atomic E-state index is 6.15. The first-order valence-corrected chi connectivity index (χ1v) is 6.62. The second-order valence-electron chi connectivity index (χ2n) is 5.33. The van der Waals surface area contributed by atoms with Gasteiger partial charge in [-0.3, -0.25) is 4.90 Å². The topological polar surface area (TPSA) is 57.9 Å². The van der Waals surface area contributed by atoms with Gasteiger partial charge in [0, 0.05) is 18.6 Å². The summed E-state index contributed by atoms with van der Waals surface area (Å²) in [7, 11) is 2.17. The second-order valence-corrected chi connectivity index (χ2v) is 5.33. The van der Waals surface area contributed by atoms with Crippen molar-refractivity contribution in [2.75, 3.05) is 7.05 Å². The molecule has 3 rings (SSSR count). The Labute approximate surface area is 107 Å². The van der Waals surface area contributed by atoms with E-state index in [0.717, 1.165) is 24.0 Å². The number of benzene rings is 1. The molecule has 0 aliphatic heterocycles. The van der Waals surface area contributed by atoms with Crippen LogP contribution in [-0.2, 0) is 6.54 Å². The number of hydrogen-bond donors (Lipinski definition) is 2. The average Bonchev–Trinajstić information content (AvgIpc) is 2.96. The van der Waals surface area contributed by atoms with Crippen LogP contribution in [0.25, 0.3) is 11.0 Å². The molecule has 2 unspecified atom stereocenters. The van der Waals surface area contributed by atoms with E-state index in [0.29, 0.717) is 12.1 Å². The number of hydrogen-bond acceptors (Lipinski definition) is 3. The van der Waals surface area contributed by atoms with Gasteiger partial charge in [-0.15, -0.1) is 0 Å². The highest BCUT2D eigenvalue weighted by molar-refractivity contribution is 5.74. The number of rotatable bonds is 3. The first-order chi connectivity index (χ1) is 8.74. The molecule has 1 aliphatic rings. The first kappa shape index (κ1) is 11.7. The fourth-order valence-corrected chi connectivity index (χ4v) is 3.00. The summed E-state index contributed by atoms with van der Waals surface area (Å²) in [5, 5.41) is 0. The third-order valence-electron chi connectivity index (χ3n) is 4.01. The Morgan fingerprint density at radius 3 is 3.11 bits per heavy atom. The van der Waals surface area contributed by atoms with E-state index in [1.165, 1.54) is 18.4 Å². The molecule has 96 valence electrons. The van der Waals surface area contributed by atoms with Crippen LogP contribution in [0.3, 0.4) is 0 Å². The maximum atomic E-state index is 6.15. The highest BCUT2D eigenvalue weighted by atomic mass is 15.1. The number of aromatic amines is 1. The average molecular weight is 244 g/mol. The third kappa shape index (κ3) is 2.13. The lowest BCUT2D eigenvalue weighted by Crippen LogP contribution is -2.41. The van der Waals surface area contributed by atoms with Crippen molar-refractivity contribution in [2.45, 2.75) is 37.9 Å². The van der Waals surface area contributed by atoms with Gasteiger partial charge >= 0.3 is 0 Å². The standard InChI is InChI=1S/C14H20N4/c1-18(14-4-2-3-11(14)15)8-10-5-6-12-13(7-10)17-9-16-12/h5-7,9,11,14H,2-4,8,15H2,1H3,(H,16,17). The van der Waals surface area contributed by atoms with Gasteiger partial charge in [-0.1, -0.05) is 12.5 Å². The Balaban J connectivity index is 1.74. The van der Waals surface area contributed by atoms with Crippen molar-refractivity contribution in [2.24, 2.45) is 5.73 Å². The van der Waals surface area contributed by atoms with Crippen LogP contribution in [0, 0.1) is 0 Å². The Hall–Kier alpha value is -1.39. The minimum Gasteiger partial charge on any atom is -0.345 e. The fraction of sp³-hybridized carbons (Fsp3) is 0.500. The van der Waals surface area contributed by atoms with Crippen molar-refractivity contribution >= 4 is 11.0 Å². The van der Waals surface area contributed by atoms with Crippen LogP contribution in [0.2, 0.25) is 0 Å². The lowest BCUT2D eigenvalue weighted by atomic mass is 10.1. The second kappa shape index (κ2) is 4.71. The monoisotopic (exact) mass is 244 g/mol. The summed E-state index contributed by atoms with van der Waals surface area (Å²) >= 11 is 0. The largest absolute Gasteiger partial charge is 0.345 e. The summed E-state index contributed by atoms with van der Waals surface area (Å²) in [6.07, 6.45) is 5.39. The van der Waals surface area contributed by atoms with Crippen LogP contribution in [0.1, 0.15) is 24.8 Å². The van der Waals surface area contributed by atoms with Gasteiger partial charge in [0.15, 0.2) is 0 Å². The van der Waals surface area contributed by atoms with E-state index in [1.54, 1.807) is 6.33 Å². The minimum absolute atomic E-state index is 0.339. The summed E-state index contributed by atoms with van der Waals surface area (Å²) in [6, 6.07) is 7.27. The molecule has 4 heteroatoms. The van der Waals surface area contributed by atoms with Crippen LogP contribution in [-0.4, -0.2) is 34.0 Å². The third-order valence-corrected chi connectivity index (χ3v) is 4.01. The van der Waals surface area contributed by atoms with Crippen LogP contribution in [0.15, 0.2) is 24.5 Å². The van der Waals surface area contributed by atoms with E-state index in [2.05, 4.69) is 40.1 Å². The van der Waals surface area contributed by atoms with E-state index in [4.69, 9.17) is 5.73 Å². The molecule has 3 N–H and O–H groups in total. The Morgan fingerprint density at radius 2 is 2.33 bits per heavy atom. The van der Waals surface area contributed by atoms with Crippen LogP contribution in [0.4, 0.5) is 0 Å². The number of imidazole rings is 1. The summed E-state index contributed by atoms with van der Waals surface area (Å²) < 4.78 is 0. The van der Waals surface area contributed by atoms with E-state index in [9.17, 15) is 0 Å². The zero-order valence-electron chi connectivity index (χ0n) is 10.8. The Kier molecular flexibility index (Phi) is 3.06. The predicted octanol–water partition coefficient (Wildman–Crippen LogP) is 1.87. The normalized spacial score (nSPS) is 24.2. The summed E-state index contributed by atoms with van der Waals surface area (Å²) in [5.41, 5.74) is 9.60. The molecule has 1 saturated carbocycles. The van der Waals surface area contributed by atoms with Gasteiger partial charge in [0.1, 0.15) is 0 Å². The van der Waals surface area contributed by atoms with Gasteiger partial charge in [-0.25, -0.2) is 4.98 Å². The number of likely N-dealkylation sites (N-methyl/N-ethyl adjacent to an activating group) is 1. The molecule has 1 aromatic carbocycles. The molecule has 0 spiro atoms. The zero-order valence-corrected chi connectivity index (χ0v) is 10.8. The number of aromatic nitrogens is 2. The summed E-state index contributed by atoms with van der Waals surface area (Å²) in [4.78, 5) is 9.78. The zero-order chi connectivity index (χ0) is 12.5. The quantitative estimate of drug-likeness (QED) is 0.866. The van der Waals surface area contributed by atoms with Crippen LogP contribution < -0.4 is 5.73 Å². The molecule has 1 fully saturated rings. The van der Waals surface area contributed by atoms with Gasteiger partial charge in [0.25, 0.3) is 0 Å². The molecule has 1 aromatic heterocycles. The lowest BCUT2D eigenvalue weighted by molar-refractivity contribution is 0.220. The predicted molar refractivity (Wildman–Crippen MR) is 73.2 cm³/mol. The molecule has 0 saturated heterocycles. The Morgan fingerprint density at radius 1 is 1.44 bits per heavy atom. The maximum Gasteiger partial charge on any atom is 0.0931 e. The number of H-pyrrole nitrogens is 1. The van der Waals surface area contributed by atoms with Crippen LogP contribution >= 0.6 is 0 Å². The van der Waals surface area contributed by atoms with Crippen molar-refractivity contribution < 1.29 is 0 Å². The van der Waals surface area contributed by atoms with Crippen molar-refractivity contribution in [3.8, 4) is 0 Å². The van der Waals surface area contributed by atoms with Gasteiger partial charge in [-0.05, 0) is 37.6 Å². The molecular formula is C14H20N4. The Bertz CT molecular complexity index is 533. The lowest BCUT2D eigenvalue weighted by Gasteiger charge is -2.27. The van der Waals surface area contributed by atoms with Gasteiger partial charge in [-0.2, -0.15) is 0 Å². The van der Waals surface area contributed by atoms with Crippen LogP contribution in [0.5, 0.6) is 0 Å². The van der Waals surface area contributed by atoms with Gasteiger partial charge < -0.3 is 10.7 Å². The molecule has 18 heavy (non-hydrogen) atoms. The van der Waals surface area contributed by atoms with E-state index in [1.807, 2.05) is 0 Å². The molecule has 0 amide bonds. The van der Waals surface area contributed by atoms with Gasteiger partial charge in [0.05, 0.1) is 17.4 Å². The SMILES string of the molecule is CN(Cc1ccc2nc[nH]c2c1)C1CCCC1N. The molecular weight excluding hydrogens is 224 g/mol. The number of nitrogens with zero attached hydrogens (tertiary/aromatic N) is 2. The minimum atomic E-state index is 0.339. The molecule has 1 aliphatic carbocycles. The summed E-state index contributed by atoms with van der Waals surface area (Å²) in [5.74, 6) is 0. The molecule has 2 atom stereocenters. The summed E-state index contributed by atoms with van der Waals surface area (Å²) in [6.45, 7) is 0.952. The number of fused-ring (bicyclic) bond motifs is 1. The first-order valence-electron chi connectivity index (χ1n) is 6.62. The van der Waals surface area contributed by atoms with E-state index < -0.39 is 0 Å². The molecule has 0 bridgehead atoms. The number of nitrogens with one attached hydrogen (secondary N) is 1. The highest BCUT2D eigenvalue weighted by Crippen LogP contribution is 2.23.